The van der Waals surface area contributed by atoms with Crippen molar-refractivity contribution in [2.75, 3.05) is 6.16 Å². The van der Waals surface area contributed by atoms with Gasteiger partial charge in [0.2, 0.25) is 5.88 Å². The van der Waals surface area contributed by atoms with Crippen molar-refractivity contribution in [2.45, 2.75) is 6.54 Å². The van der Waals surface area contributed by atoms with Gasteiger partial charge in [-0.2, -0.15) is 5.10 Å². The lowest BCUT2D eigenvalue weighted by Crippen LogP contribution is -2.05. The van der Waals surface area contributed by atoms with Gasteiger partial charge in [-0.25, -0.2) is 9.97 Å². The molecule has 0 unspecified atom stereocenters. The first kappa shape index (κ1) is 13.5. The molecule has 0 amide bonds. The van der Waals surface area contributed by atoms with Gasteiger partial charge >= 0.3 is 7.60 Å². The van der Waals surface area contributed by atoms with E-state index in [4.69, 9.17) is 9.79 Å². The Bertz CT molecular complexity index is 649. The second-order valence-corrected chi connectivity index (χ2v) is 5.42. The number of aromatic nitrogens is 4. The number of nitrogens with zero attached hydrogens (tertiary/aromatic N) is 3. The van der Waals surface area contributed by atoms with Crippen LogP contribution in [0.5, 0.6) is 5.88 Å². The van der Waals surface area contributed by atoms with Crippen molar-refractivity contribution >= 4 is 18.6 Å². The van der Waals surface area contributed by atoms with Gasteiger partial charge in [0, 0.05) is 0 Å². The van der Waals surface area contributed by atoms with Crippen LogP contribution in [0.4, 0.5) is 0 Å². The molecule has 2 aromatic heterocycles. The Morgan fingerprint density at radius 2 is 2.21 bits per heavy atom. The summed E-state index contributed by atoms with van der Waals surface area (Å²) in [5.41, 5.74) is 1.40. The average molecular weight is 285 g/mol. The van der Waals surface area contributed by atoms with E-state index in [1.165, 1.54) is 18.6 Å². The largest absolute Gasteiger partial charge is 0.492 e. The first-order chi connectivity index (χ1) is 8.97. The van der Waals surface area contributed by atoms with Crippen LogP contribution in [0.25, 0.3) is 11.0 Å². The van der Waals surface area contributed by atoms with E-state index in [0.717, 1.165) is 0 Å². The van der Waals surface area contributed by atoms with Crippen molar-refractivity contribution < 1.29 is 19.5 Å². The monoisotopic (exact) mass is 285 g/mol. The molecule has 0 aliphatic heterocycles. The molecule has 0 radical (unpaired) electrons. The molecule has 9 nitrogen and oxygen atoms in total. The number of hydrogen-bond donors (Lipinski definition) is 5. The van der Waals surface area contributed by atoms with E-state index in [2.05, 4.69) is 25.5 Å². The van der Waals surface area contributed by atoms with E-state index in [1.54, 1.807) is 0 Å². The van der Waals surface area contributed by atoms with E-state index in [0.29, 0.717) is 23.3 Å². The van der Waals surface area contributed by atoms with Crippen molar-refractivity contribution in [3.05, 3.63) is 24.3 Å². The molecule has 0 aromatic carbocycles. The maximum absolute atomic E-state index is 10.6. The number of allylic oxidation sites excluding steroid dienone is 1. The van der Waals surface area contributed by atoms with E-state index in [-0.39, 0.29) is 12.0 Å². The lowest BCUT2D eigenvalue weighted by atomic mass is 10.3. The van der Waals surface area contributed by atoms with Crippen LogP contribution in [0.15, 0.2) is 18.6 Å². The first-order valence-electron chi connectivity index (χ1n) is 5.27. The highest BCUT2D eigenvalue weighted by molar-refractivity contribution is 7.51. The van der Waals surface area contributed by atoms with Crippen LogP contribution < -0.4 is 5.32 Å². The maximum Gasteiger partial charge on any atom is 0.329 e. The third kappa shape index (κ3) is 3.50. The molecule has 5 N–H and O–H groups in total. The summed E-state index contributed by atoms with van der Waals surface area (Å²) >= 11 is 0. The third-order valence-electron chi connectivity index (χ3n) is 2.25. The third-order valence-corrected chi connectivity index (χ3v) is 2.94. The number of nitrogens with one attached hydrogen (secondary N) is 2. The van der Waals surface area contributed by atoms with Gasteiger partial charge in [0.25, 0.3) is 0 Å². The van der Waals surface area contributed by atoms with Crippen molar-refractivity contribution in [1.82, 2.24) is 25.5 Å². The molecular formula is C9H12N5O4P. The molecule has 2 rings (SSSR count). The Balaban J connectivity index is 1.99. The molecule has 0 atom stereocenters. The zero-order valence-corrected chi connectivity index (χ0v) is 10.6. The van der Waals surface area contributed by atoms with Gasteiger partial charge in [-0.05, 0) is 6.20 Å². The summed E-state index contributed by atoms with van der Waals surface area (Å²) in [6.45, 7) is 0.300. The van der Waals surface area contributed by atoms with Gasteiger partial charge in [-0.3, -0.25) is 9.66 Å². The van der Waals surface area contributed by atoms with Gasteiger partial charge in [-0.1, -0.05) is 6.08 Å². The minimum absolute atomic E-state index is 0.180. The molecule has 0 saturated carbocycles. The zero-order valence-electron chi connectivity index (χ0n) is 9.69. The maximum atomic E-state index is 10.6. The molecule has 0 spiro atoms. The van der Waals surface area contributed by atoms with Gasteiger partial charge in [0.1, 0.15) is 23.1 Å². The van der Waals surface area contributed by atoms with E-state index in [1.807, 2.05) is 0 Å². The summed E-state index contributed by atoms with van der Waals surface area (Å²) < 4.78 is 10.6. The Morgan fingerprint density at radius 3 is 2.95 bits per heavy atom. The number of aromatic amines is 1. The van der Waals surface area contributed by atoms with Gasteiger partial charge < -0.3 is 20.2 Å². The number of rotatable bonds is 5. The fraction of sp³-hybridized carbons (Fsp3) is 0.222. The topological polar surface area (TPSA) is 144 Å². The molecule has 0 saturated heterocycles. The molecular weight excluding hydrogens is 273 g/mol. The van der Waals surface area contributed by atoms with Crippen molar-refractivity contribution in [3.63, 3.8) is 0 Å². The molecule has 102 valence electrons. The van der Waals surface area contributed by atoms with Crippen LogP contribution in [0, 0.1) is 0 Å². The van der Waals surface area contributed by atoms with Crippen molar-refractivity contribution in [2.24, 2.45) is 0 Å². The summed E-state index contributed by atoms with van der Waals surface area (Å²) in [6, 6.07) is 0. The summed E-state index contributed by atoms with van der Waals surface area (Å²) in [7, 11) is -4.01. The van der Waals surface area contributed by atoms with E-state index < -0.39 is 7.60 Å². The highest BCUT2D eigenvalue weighted by Crippen LogP contribution is 2.33. The number of aromatic hydroxyl groups is 1. The SMILES string of the molecule is O=P(O)(O)CC=CNCc1n[nH]c2c(O)ncnc12. The Kier molecular flexibility index (Phi) is 3.79. The van der Waals surface area contributed by atoms with Crippen LogP contribution >= 0.6 is 7.60 Å². The smallest absolute Gasteiger partial charge is 0.329 e. The quantitative estimate of drug-likeness (QED) is 0.476. The van der Waals surface area contributed by atoms with E-state index >= 15 is 0 Å². The number of hydrogen-bond acceptors (Lipinski definition) is 6. The lowest BCUT2D eigenvalue weighted by molar-refractivity contribution is 0.377. The highest BCUT2D eigenvalue weighted by atomic mass is 31.2. The van der Waals surface area contributed by atoms with Crippen LogP contribution in [0.1, 0.15) is 5.69 Å². The zero-order chi connectivity index (χ0) is 13.9. The van der Waals surface area contributed by atoms with Gasteiger partial charge in [0.05, 0.1) is 12.7 Å². The molecule has 19 heavy (non-hydrogen) atoms. The predicted molar refractivity (Wildman–Crippen MR) is 66.2 cm³/mol. The van der Waals surface area contributed by atoms with Crippen molar-refractivity contribution in [3.8, 4) is 5.88 Å². The molecule has 2 heterocycles. The van der Waals surface area contributed by atoms with Crippen LogP contribution in [0.2, 0.25) is 0 Å². The van der Waals surface area contributed by atoms with Gasteiger partial charge in [0.15, 0.2) is 0 Å². The number of H-pyrrole nitrogens is 1. The van der Waals surface area contributed by atoms with Crippen LogP contribution in [-0.2, 0) is 11.1 Å². The summed E-state index contributed by atoms with van der Waals surface area (Å²) in [5, 5.41) is 18.8. The molecule has 0 bridgehead atoms. The second kappa shape index (κ2) is 5.35. The fourth-order valence-electron chi connectivity index (χ4n) is 1.43. The van der Waals surface area contributed by atoms with Crippen LogP contribution in [0.3, 0.4) is 0 Å². The Hall–Kier alpha value is -1.96. The average Bonchev–Trinajstić information content (AvgIpc) is 2.72. The Morgan fingerprint density at radius 1 is 1.42 bits per heavy atom. The minimum Gasteiger partial charge on any atom is -0.492 e. The standard InChI is InChI=1S/C9H12N5O4P/c15-9-8-7(11-5-12-9)6(13-14-8)4-10-2-1-3-19(16,17)18/h1-2,5,10H,3-4H2,(H,13,14)(H,11,12,15)(H2,16,17,18). The highest BCUT2D eigenvalue weighted by Gasteiger charge is 2.10. The Labute approximate surface area is 107 Å². The minimum atomic E-state index is -4.01. The number of fused-ring (bicyclic) bond motifs is 1. The molecule has 10 heteroatoms. The summed E-state index contributed by atoms with van der Waals surface area (Å²) in [5.74, 6) is -0.180. The molecule has 0 aliphatic carbocycles. The van der Waals surface area contributed by atoms with E-state index in [9.17, 15) is 9.67 Å². The summed E-state index contributed by atoms with van der Waals surface area (Å²) in [6.07, 6.45) is 3.66. The lowest BCUT2D eigenvalue weighted by Gasteiger charge is -1.99. The molecule has 2 aromatic rings. The predicted octanol–water partition coefficient (Wildman–Crippen LogP) is -0.161. The molecule has 0 aliphatic rings. The van der Waals surface area contributed by atoms with Crippen molar-refractivity contribution in [1.29, 1.82) is 0 Å². The molecule has 0 fully saturated rings. The summed E-state index contributed by atoms with van der Waals surface area (Å²) in [4.78, 5) is 24.9. The second-order valence-electron chi connectivity index (χ2n) is 3.72. The first-order valence-corrected chi connectivity index (χ1v) is 7.07. The normalized spacial score (nSPS) is 12.3. The van der Waals surface area contributed by atoms with Crippen LogP contribution in [-0.4, -0.2) is 41.2 Å². The fourth-order valence-corrected chi connectivity index (χ4v) is 1.81. The van der Waals surface area contributed by atoms with Gasteiger partial charge in [-0.15, -0.1) is 0 Å².